The second-order valence-corrected chi connectivity index (χ2v) is 7.06. The number of aromatic amines is 1. The summed E-state index contributed by atoms with van der Waals surface area (Å²) < 4.78 is 0. The van der Waals surface area contributed by atoms with Gasteiger partial charge in [0.15, 0.2) is 5.65 Å². The van der Waals surface area contributed by atoms with Crippen LogP contribution in [0.25, 0.3) is 11.2 Å². The third kappa shape index (κ3) is 3.23. The lowest BCUT2D eigenvalue weighted by molar-refractivity contribution is 0.211. The number of piperazine rings is 1. The Hall–Kier alpha value is -3.25. The monoisotopic (exact) mass is 370 g/mol. The van der Waals surface area contributed by atoms with Crippen LogP contribution in [-0.4, -0.2) is 51.0 Å². The van der Waals surface area contributed by atoms with Gasteiger partial charge in [-0.2, -0.15) is 4.98 Å². The summed E-state index contributed by atoms with van der Waals surface area (Å²) in [7, 11) is 0. The van der Waals surface area contributed by atoms with Crippen molar-refractivity contribution < 1.29 is 0 Å². The van der Waals surface area contributed by atoms with Crippen LogP contribution in [-0.2, 0) is 0 Å². The predicted octanol–water partition coefficient (Wildman–Crippen LogP) is 3.26. The van der Waals surface area contributed by atoms with Crippen molar-refractivity contribution in [2.75, 3.05) is 31.1 Å². The number of H-pyrrole nitrogens is 1. The summed E-state index contributed by atoms with van der Waals surface area (Å²) >= 11 is 0. The summed E-state index contributed by atoms with van der Waals surface area (Å²) in [5.41, 5.74) is 4.25. The summed E-state index contributed by atoms with van der Waals surface area (Å²) in [6.45, 7) is 3.70. The molecule has 1 fully saturated rings. The van der Waals surface area contributed by atoms with Crippen molar-refractivity contribution in [3.63, 3.8) is 0 Å². The van der Waals surface area contributed by atoms with Gasteiger partial charge in [0.25, 0.3) is 0 Å². The van der Waals surface area contributed by atoms with E-state index in [2.05, 4.69) is 90.4 Å². The molecule has 2 aromatic carbocycles. The standard InChI is InChI=1S/C22H22N6/c1-3-7-17(8-4-1)20(18-9-5-2-6-10-18)27-11-13-28(14-12-27)22-23-15-19-21(26-22)25-16-24-19/h1-10,15-16,20H,11-14H2,(H,23,24,25,26). The molecule has 1 N–H and O–H groups in total. The van der Waals surface area contributed by atoms with Gasteiger partial charge in [0.2, 0.25) is 5.95 Å². The van der Waals surface area contributed by atoms with Crippen LogP contribution in [0.3, 0.4) is 0 Å². The Morgan fingerprint density at radius 1 is 0.786 bits per heavy atom. The van der Waals surface area contributed by atoms with Crippen LogP contribution in [0.4, 0.5) is 5.95 Å². The first-order valence-corrected chi connectivity index (χ1v) is 9.63. The van der Waals surface area contributed by atoms with Gasteiger partial charge in [0.05, 0.1) is 18.6 Å². The number of anilines is 1. The molecule has 0 spiro atoms. The third-order valence-electron chi connectivity index (χ3n) is 5.36. The first kappa shape index (κ1) is 16.9. The van der Waals surface area contributed by atoms with Crippen LogP contribution in [0.5, 0.6) is 0 Å². The van der Waals surface area contributed by atoms with E-state index >= 15 is 0 Å². The number of nitrogens with one attached hydrogen (secondary N) is 1. The molecule has 2 aromatic heterocycles. The number of aromatic nitrogens is 4. The van der Waals surface area contributed by atoms with Crippen LogP contribution in [0, 0.1) is 0 Å². The molecule has 6 heteroatoms. The Bertz CT molecular complexity index is 999. The van der Waals surface area contributed by atoms with Crippen LogP contribution < -0.4 is 4.90 Å². The molecule has 1 aliphatic heterocycles. The van der Waals surface area contributed by atoms with Crippen molar-refractivity contribution in [3.8, 4) is 0 Å². The quantitative estimate of drug-likeness (QED) is 0.597. The zero-order valence-corrected chi connectivity index (χ0v) is 15.6. The van der Waals surface area contributed by atoms with Crippen molar-refractivity contribution in [1.82, 2.24) is 24.8 Å². The zero-order valence-electron chi connectivity index (χ0n) is 15.6. The van der Waals surface area contributed by atoms with E-state index in [4.69, 9.17) is 0 Å². The molecule has 0 unspecified atom stereocenters. The van der Waals surface area contributed by atoms with Gasteiger partial charge in [-0.15, -0.1) is 0 Å². The first-order chi connectivity index (χ1) is 13.9. The molecule has 140 valence electrons. The van der Waals surface area contributed by atoms with E-state index in [-0.39, 0.29) is 6.04 Å². The average Bonchev–Trinajstić information content (AvgIpc) is 3.24. The minimum absolute atomic E-state index is 0.263. The van der Waals surface area contributed by atoms with E-state index in [1.165, 1.54) is 11.1 Å². The van der Waals surface area contributed by atoms with E-state index in [0.29, 0.717) is 0 Å². The second-order valence-electron chi connectivity index (χ2n) is 7.06. The molecule has 0 radical (unpaired) electrons. The normalized spacial score (nSPS) is 15.4. The Morgan fingerprint density at radius 2 is 1.43 bits per heavy atom. The molecule has 1 aliphatic rings. The molecule has 0 atom stereocenters. The maximum Gasteiger partial charge on any atom is 0.227 e. The summed E-state index contributed by atoms with van der Waals surface area (Å²) in [6.07, 6.45) is 3.47. The number of nitrogens with zero attached hydrogens (tertiary/aromatic N) is 5. The van der Waals surface area contributed by atoms with Crippen LogP contribution >= 0.6 is 0 Å². The SMILES string of the molecule is c1ccc(C(c2ccccc2)N2CCN(c3ncc4[nH]cnc4n3)CC2)cc1. The molecule has 3 heterocycles. The molecule has 1 saturated heterocycles. The Labute approximate surface area is 163 Å². The highest BCUT2D eigenvalue weighted by molar-refractivity contribution is 5.69. The lowest BCUT2D eigenvalue weighted by Gasteiger charge is -2.39. The molecule has 6 nitrogen and oxygen atoms in total. The lowest BCUT2D eigenvalue weighted by atomic mass is 9.96. The van der Waals surface area contributed by atoms with Gasteiger partial charge < -0.3 is 9.88 Å². The fourth-order valence-corrected chi connectivity index (χ4v) is 3.94. The van der Waals surface area contributed by atoms with E-state index in [9.17, 15) is 0 Å². The van der Waals surface area contributed by atoms with Crippen molar-refractivity contribution in [2.24, 2.45) is 0 Å². The Kier molecular flexibility index (Phi) is 4.47. The van der Waals surface area contributed by atoms with Crippen LogP contribution in [0.15, 0.2) is 73.2 Å². The maximum atomic E-state index is 4.60. The number of imidazole rings is 1. The van der Waals surface area contributed by atoms with E-state index < -0.39 is 0 Å². The van der Waals surface area contributed by atoms with Crippen molar-refractivity contribution >= 4 is 17.1 Å². The molecule has 0 saturated carbocycles. The highest BCUT2D eigenvalue weighted by Gasteiger charge is 2.27. The second kappa shape index (κ2) is 7.40. The van der Waals surface area contributed by atoms with Gasteiger partial charge in [0, 0.05) is 26.2 Å². The molecule has 4 aromatic rings. The van der Waals surface area contributed by atoms with Gasteiger partial charge >= 0.3 is 0 Å². The smallest absolute Gasteiger partial charge is 0.227 e. The summed E-state index contributed by atoms with van der Waals surface area (Å²) in [6, 6.07) is 21.8. The number of rotatable bonds is 4. The first-order valence-electron chi connectivity index (χ1n) is 9.63. The van der Waals surface area contributed by atoms with Gasteiger partial charge in [-0.3, -0.25) is 4.90 Å². The molecule has 0 amide bonds. The molecule has 5 rings (SSSR count). The van der Waals surface area contributed by atoms with Crippen molar-refractivity contribution in [2.45, 2.75) is 6.04 Å². The fourth-order valence-electron chi connectivity index (χ4n) is 3.94. The highest BCUT2D eigenvalue weighted by atomic mass is 15.3. The number of benzene rings is 2. The Balaban J connectivity index is 1.37. The summed E-state index contributed by atoms with van der Waals surface area (Å²) in [4.78, 5) is 21.2. The van der Waals surface area contributed by atoms with E-state index in [1.807, 2.05) is 6.20 Å². The zero-order chi connectivity index (χ0) is 18.8. The molecule has 0 bridgehead atoms. The highest BCUT2D eigenvalue weighted by Crippen LogP contribution is 2.29. The Morgan fingerprint density at radius 3 is 2.07 bits per heavy atom. The third-order valence-corrected chi connectivity index (χ3v) is 5.36. The van der Waals surface area contributed by atoms with E-state index in [1.54, 1.807) is 6.33 Å². The maximum absolute atomic E-state index is 4.60. The minimum Gasteiger partial charge on any atom is -0.342 e. The molecular formula is C22H22N6. The summed E-state index contributed by atoms with van der Waals surface area (Å²) in [5.74, 6) is 0.759. The van der Waals surface area contributed by atoms with Gasteiger partial charge in [-0.25, -0.2) is 9.97 Å². The van der Waals surface area contributed by atoms with Gasteiger partial charge in [-0.05, 0) is 11.1 Å². The number of hydrogen-bond donors (Lipinski definition) is 1. The minimum atomic E-state index is 0.263. The fraction of sp³-hybridized carbons (Fsp3) is 0.227. The molecule has 28 heavy (non-hydrogen) atoms. The topological polar surface area (TPSA) is 60.9 Å². The van der Waals surface area contributed by atoms with Crippen molar-refractivity contribution in [3.05, 3.63) is 84.3 Å². The van der Waals surface area contributed by atoms with Crippen molar-refractivity contribution in [1.29, 1.82) is 0 Å². The summed E-state index contributed by atoms with van der Waals surface area (Å²) in [5, 5.41) is 0. The van der Waals surface area contributed by atoms with Gasteiger partial charge in [0.1, 0.15) is 5.52 Å². The largest absolute Gasteiger partial charge is 0.342 e. The molecule has 0 aliphatic carbocycles. The lowest BCUT2D eigenvalue weighted by Crippen LogP contribution is -2.48. The molecular weight excluding hydrogens is 348 g/mol. The average molecular weight is 370 g/mol. The predicted molar refractivity (Wildman–Crippen MR) is 110 cm³/mol. The number of hydrogen-bond acceptors (Lipinski definition) is 5. The van der Waals surface area contributed by atoms with Crippen LogP contribution in [0.1, 0.15) is 17.2 Å². The number of fused-ring (bicyclic) bond motifs is 1. The van der Waals surface area contributed by atoms with Gasteiger partial charge in [-0.1, -0.05) is 60.7 Å². The van der Waals surface area contributed by atoms with Crippen LogP contribution in [0.2, 0.25) is 0 Å². The van der Waals surface area contributed by atoms with E-state index in [0.717, 1.165) is 43.3 Å².